The van der Waals surface area contributed by atoms with Crippen LogP contribution < -0.4 is 4.74 Å². The molecule has 3 aromatic rings. The minimum atomic E-state index is -4.98. The zero-order valence-electron chi connectivity index (χ0n) is 22.1. The number of rotatable bonds is 12. The van der Waals surface area contributed by atoms with E-state index in [2.05, 4.69) is 0 Å². The van der Waals surface area contributed by atoms with Gasteiger partial charge in [-0.25, -0.2) is 17.2 Å². The second-order valence-electron chi connectivity index (χ2n) is 9.55. The van der Waals surface area contributed by atoms with Gasteiger partial charge in [0.1, 0.15) is 17.4 Å². The molecule has 0 saturated heterocycles. The lowest BCUT2D eigenvalue weighted by molar-refractivity contribution is -0.140. The summed E-state index contributed by atoms with van der Waals surface area (Å²) in [5.41, 5.74) is -2.33. The van der Waals surface area contributed by atoms with Gasteiger partial charge in [0.05, 0.1) is 29.7 Å². The molecular formula is C28H28F7NO4S. The summed E-state index contributed by atoms with van der Waals surface area (Å²) < 4.78 is 128. The number of alkyl halides is 5. The quantitative estimate of drug-likeness (QED) is 0.188. The summed E-state index contributed by atoms with van der Waals surface area (Å²) in [6.45, 7) is -0.490. The molecule has 3 rings (SSSR count). The maximum absolute atomic E-state index is 15.1. The fraction of sp³-hybridized carbons (Fsp3) is 0.357. The van der Waals surface area contributed by atoms with Gasteiger partial charge in [-0.2, -0.15) is 22.0 Å². The van der Waals surface area contributed by atoms with Gasteiger partial charge >= 0.3 is 6.18 Å². The highest BCUT2D eigenvalue weighted by Crippen LogP contribution is 2.34. The van der Waals surface area contributed by atoms with Crippen LogP contribution in [0, 0.1) is 11.6 Å². The summed E-state index contributed by atoms with van der Waals surface area (Å²) in [7, 11) is -3.72. The van der Waals surface area contributed by atoms with Crippen molar-refractivity contribution in [2.24, 2.45) is 0 Å². The van der Waals surface area contributed by atoms with E-state index in [-0.39, 0.29) is 35.8 Å². The third-order valence-corrected chi connectivity index (χ3v) is 7.34. The first-order chi connectivity index (χ1) is 19.0. The van der Waals surface area contributed by atoms with Crippen LogP contribution in [-0.4, -0.2) is 44.4 Å². The highest BCUT2D eigenvalue weighted by molar-refractivity contribution is 7.90. The van der Waals surface area contributed by atoms with Gasteiger partial charge in [-0.3, -0.25) is 4.90 Å². The van der Waals surface area contributed by atoms with Crippen LogP contribution in [0.5, 0.6) is 5.75 Å². The zero-order chi connectivity index (χ0) is 30.6. The molecule has 1 unspecified atom stereocenters. The maximum atomic E-state index is 15.1. The number of halogens is 7. The van der Waals surface area contributed by atoms with Crippen molar-refractivity contribution >= 4 is 9.84 Å². The molecule has 5 nitrogen and oxygen atoms in total. The first kappa shape index (κ1) is 32.4. The lowest BCUT2D eigenvalue weighted by Crippen LogP contribution is -2.36. The summed E-state index contributed by atoms with van der Waals surface area (Å²) in [6, 6.07) is 10.1. The third kappa shape index (κ3) is 8.66. The maximum Gasteiger partial charge on any atom is 0.419 e. The minimum Gasteiger partial charge on any atom is -0.494 e. The Morgan fingerprint density at radius 1 is 0.976 bits per heavy atom. The monoisotopic (exact) mass is 607 g/mol. The number of hydrogen-bond donors (Lipinski definition) is 1. The van der Waals surface area contributed by atoms with Gasteiger partial charge in [-0.15, -0.1) is 0 Å². The van der Waals surface area contributed by atoms with Crippen LogP contribution in [-0.2, 0) is 28.5 Å². The number of nitrogens with zero attached hydrogens (tertiary/aromatic N) is 1. The summed E-state index contributed by atoms with van der Waals surface area (Å²) in [4.78, 5) is 0.912. The van der Waals surface area contributed by atoms with Crippen molar-refractivity contribution in [2.45, 2.75) is 43.0 Å². The third-order valence-electron chi connectivity index (χ3n) is 6.19. The number of hydrogen-bond acceptors (Lipinski definition) is 5. The van der Waals surface area contributed by atoms with Crippen LogP contribution in [0.1, 0.15) is 41.7 Å². The summed E-state index contributed by atoms with van der Waals surface area (Å²) >= 11 is 0. The molecule has 1 atom stereocenters. The molecule has 0 saturated carbocycles. The predicted molar refractivity (Wildman–Crippen MR) is 137 cm³/mol. The van der Waals surface area contributed by atoms with Gasteiger partial charge in [-0.1, -0.05) is 30.3 Å². The van der Waals surface area contributed by atoms with Crippen molar-refractivity contribution < 1.29 is 49.0 Å². The zero-order valence-corrected chi connectivity index (χ0v) is 22.9. The van der Waals surface area contributed by atoms with Crippen LogP contribution in [0.4, 0.5) is 30.7 Å². The highest BCUT2D eigenvalue weighted by Gasteiger charge is 2.37. The van der Waals surface area contributed by atoms with Gasteiger partial charge in [0, 0.05) is 30.5 Å². The Hall–Kier alpha value is -3.16. The second-order valence-corrected chi connectivity index (χ2v) is 11.5. The molecule has 0 heterocycles. The lowest BCUT2D eigenvalue weighted by Gasteiger charge is -2.28. The van der Waals surface area contributed by atoms with E-state index in [1.165, 1.54) is 25.1 Å². The van der Waals surface area contributed by atoms with E-state index in [0.29, 0.717) is 6.07 Å². The first-order valence-corrected chi connectivity index (χ1v) is 14.2. The fourth-order valence-electron chi connectivity index (χ4n) is 4.19. The molecule has 0 aliphatic rings. The Bertz CT molecular complexity index is 1440. The topological polar surface area (TPSA) is 66.8 Å². The van der Waals surface area contributed by atoms with Crippen LogP contribution >= 0.6 is 0 Å². The van der Waals surface area contributed by atoms with Crippen molar-refractivity contribution in [3.8, 4) is 5.75 Å². The smallest absolute Gasteiger partial charge is 0.419 e. The molecule has 41 heavy (non-hydrogen) atoms. The van der Waals surface area contributed by atoms with Crippen molar-refractivity contribution in [3.63, 3.8) is 0 Å². The number of aliphatic hydroxyl groups is 1. The van der Waals surface area contributed by atoms with Crippen LogP contribution in [0.2, 0.25) is 0 Å². The van der Waals surface area contributed by atoms with E-state index in [0.717, 1.165) is 47.6 Å². The normalized spacial score (nSPS) is 13.4. The molecule has 0 aromatic heterocycles. The van der Waals surface area contributed by atoms with Crippen molar-refractivity contribution in [2.75, 3.05) is 26.0 Å². The molecule has 224 valence electrons. The van der Waals surface area contributed by atoms with Crippen LogP contribution in [0.15, 0.2) is 65.6 Å². The summed E-state index contributed by atoms with van der Waals surface area (Å²) in [6.07, 6.45) is -5.04. The molecular weight excluding hydrogens is 579 g/mol. The SMILES string of the molecule is CC(O)c1ccc(OCCCN(Cc2cccc(C(F)(F)F)c2F)CC(F)(F)c2ccc(F)cc2)cc1S(C)(=O)=O. The Morgan fingerprint density at radius 2 is 1.63 bits per heavy atom. The molecule has 0 amide bonds. The Kier molecular flexibility index (Phi) is 10.1. The first-order valence-electron chi connectivity index (χ1n) is 12.3. The number of ether oxygens (including phenoxy) is 1. The van der Waals surface area contributed by atoms with E-state index in [4.69, 9.17) is 4.74 Å². The van der Waals surface area contributed by atoms with Crippen molar-refractivity contribution in [1.82, 2.24) is 4.90 Å². The number of aliphatic hydroxyl groups excluding tert-OH is 1. The molecule has 1 N–H and O–H groups in total. The predicted octanol–water partition coefficient (Wildman–Crippen LogP) is 6.50. The van der Waals surface area contributed by atoms with Crippen LogP contribution in [0.25, 0.3) is 0 Å². The molecule has 0 spiro atoms. The largest absolute Gasteiger partial charge is 0.494 e. The van der Waals surface area contributed by atoms with Gasteiger partial charge < -0.3 is 9.84 Å². The molecule has 3 aromatic carbocycles. The molecule has 13 heteroatoms. The van der Waals surface area contributed by atoms with Crippen LogP contribution in [0.3, 0.4) is 0 Å². The number of sulfone groups is 1. The standard InChI is InChI=1S/C28H28F7NO4S/c1-18(37)23-12-11-22(15-25(23)41(2,38)39)40-14-4-13-36(17-27(31,32)20-7-9-21(29)10-8-20)16-19-5-3-6-24(26(19)30)28(33,34)35/h3,5-12,15,18,37H,4,13-14,16-17H2,1-2H3. The van der Waals surface area contributed by atoms with E-state index < -0.39 is 69.5 Å². The van der Waals surface area contributed by atoms with E-state index >= 15 is 8.78 Å². The molecule has 0 radical (unpaired) electrons. The van der Waals surface area contributed by atoms with E-state index in [1.54, 1.807) is 0 Å². The molecule has 0 fully saturated rings. The molecule has 0 aliphatic heterocycles. The second kappa shape index (κ2) is 12.8. The van der Waals surface area contributed by atoms with Crippen molar-refractivity contribution in [1.29, 1.82) is 0 Å². The number of benzene rings is 3. The van der Waals surface area contributed by atoms with Crippen molar-refractivity contribution in [3.05, 3.63) is 94.6 Å². The average molecular weight is 608 g/mol. The average Bonchev–Trinajstić information content (AvgIpc) is 2.86. The summed E-state index contributed by atoms with van der Waals surface area (Å²) in [5, 5.41) is 9.85. The fourth-order valence-corrected chi connectivity index (χ4v) is 5.19. The molecule has 0 aliphatic carbocycles. The van der Waals surface area contributed by atoms with Gasteiger partial charge in [-0.05, 0) is 49.2 Å². The van der Waals surface area contributed by atoms with Gasteiger partial charge in [0.25, 0.3) is 5.92 Å². The highest BCUT2D eigenvalue weighted by atomic mass is 32.2. The summed E-state index contributed by atoms with van der Waals surface area (Å²) in [5.74, 6) is -5.74. The Labute approximate surface area is 233 Å². The minimum absolute atomic E-state index is 0.0481. The van der Waals surface area contributed by atoms with Gasteiger partial charge in [0.2, 0.25) is 0 Å². The lowest BCUT2D eigenvalue weighted by atomic mass is 10.1. The Morgan fingerprint density at radius 3 is 2.22 bits per heavy atom. The Balaban J connectivity index is 1.79. The van der Waals surface area contributed by atoms with E-state index in [9.17, 15) is 35.5 Å². The molecule has 0 bridgehead atoms. The van der Waals surface area contributed by atoms with E-state index in [1.807, 2.05) is 0 Å². The van der Waals surface area contributed by atoms with Gasteiger partial charge in [0.15, 0.2) is 9.84 Å².